The average Bonchev–Trinajstić information content (AvgIpc) is 2.78. The predicted molar refractivity (Wildman–Crippen MR) is 66.4 cm³/mol. The molecule has 2 rings (SSSR count). The zero-order valence-electron chi connectivity index (χ0n) is 10.1. The Labute approximate surface area is 107 Å². The number of nitrogens with one attached hydrogen (secondary N) is 1. The minimum atomic E-state index is -0.0971. The molecular formula is C10H18ClN5O. The molecule has 0 bridgehead atoms. The number of amides is 1. The lowest BCUT2D eigenvalue weighted by atomic mass is 10.1. The minimum absolute atomic E-state index is 0. The highest BCUT2D eigenvalue weighted by atomic mass is 35.5. The first-order chi connectivity index (χ1) is 7.68. The minimum Gasteiger partial charge on any atom is -0.343 e. The van der Waals surface area contributed by atoms with Gasteiger partial charge in [-0.1, -0.05) is 5.21 Å². The molecule has 1 amide bonds. The molecule has 1 aromatic rings. The molecule has 7 heteroatoms. The highest BCUT2D eigenvalue weighted by Gasteiger charge is 2.19. The van der Waals surface area contributed by atoms with Gasteiger partial charge in [0.2, 0.25) is 0 Å². The Morgan fingerprint density at radius 2 is 2.12 bits per heavy atom. The van der Waals surface area contributed by atoms with Crippen molar-refractivity contribution >= 4 is 18.3 Å². The van der Waals surface area contributed by atoms with Gasteiger partial charge in [0.15, 0.2) is 5.69 Å². The number of nitrogens with zero attached hydrogens (tertiary/aromatic N) is 4. The molecule has 0 saturated carbocycles. The van der Waals surface area contributed by atoms with Gasteiger partial charge in [-0.3, -0.25) is 4.79 Å². The van der Waals surface area contributed by atoms with Crippen LogP contribution < -0.4 is 5.32 Å². The van der Waals surface area contributed by atoms with E-state index < -0.39 is 0 Å². The lowest BCUT2D eigenvalue weighted by Gasteiger charge is -2.22. The first-order valence-corrected chi connectivity index (χ1v) is 5.52. The number of rotatable bonds is 2. The third-order valence-electron chi connectivity index (χ3n) is 2.82. The van der Waals surface area contributed by atoms with Gasteiger partial charge in [-0.2, -0.15) is 0 Å². The second-order valence-electron chi connectivity index (χ2n) is 4.26. The Bertz CT molecular complexity index is 373. The van der Waals surface area contributed by atoms with E-state index in [1.54, 1.807) is 20.3 Å². The molecule has 1 fully saturated rings. The fourth-order valence-electron chi connectivity index (χ4n) is 1.85. The van der Waals surface area contributed by atoms with Gasteiger partial charge in [0.25, 0.3) is 5.91 Å². The van der Waals surface area contributed by atoms with Gasteiger partial charge in [-0.05, 0) is 25.9 Å². The van der Waals surface area contributed by atoms with E-state index in [1.807, 2.05) is 4.68 Å². The van der Waals surface area contributed by atoms with Crippen molar-refractivity contribution in [2.24, 2.45) is 0 Å². The number of carbonyl (C=O) groups excluding carboxylic acids is 1. The van der Waals surface area contributed by atoms with Crippen LogP contribution in [0.15, 0.2) is 6.20 Å². The summed E-state index contributed by atoms with van der Waals surface area (Å²) in [6, 6.07) is 0.373. The largest absolute Gasteiger partial charge is 0.343 e. The van der Waals surface area contributed by atoms with Crippen LogP contribution in [0.2, 0.25) is 0 Å². The molecule has 0 spiro atoms. The molecule has 1 aliphatic rings. The van der Waals surface area contributed by atoms with E-state index >= 15 is 0 Å². The van der Waals surface area contributed by atoms with Crippen LogP contribution in [-0.2, 0) is 0 Å². The first-order valence-electron chi connectivity index (χ1n) is 5.52. The Morgan fingerprint density at radius 3 is 2.71 bits per heavy atom. The number of halogens is 1. The smallest absolute Gasteiger partial charge is 0.275 e. The van der Waals surface area contributed by atoms with Crippen LogP contribution in [0.1, 0.15) is 29.4 Å². The molecule has 0 aliphatic carbocycles. The van der Waals surface area contributed by atoms with Crippen LogP contribution >= 0.6 is 12.4 Å². The third-order valence-corrected chi connectivity index (χ3v) is 2.82. The Balaban J connectivity index is 0.00000144. The number of piperidine rings is 1. The van der Waals surface area contributed by atoms with Crippen molar-refractivity contribution < 1.29 is 4.79 Å². The second kappa shape index (κ2) is 5.97. The molecule has 1 N–H and O–H groups in total. The third kappa shape index (κ3) is 3.17. The number of carbonyl (C=O) groups is 1. The van der Waals surface area contributed by atoms with Crippen LogP contribution in [0.3, 0.4) is 0 Å². The quantitative estimate of drug-likeness (QED) is 0.831. The van der Waals surface area contributed by atoms with E-state index in [9.17, 15) is 4.79 Å². The average molecular weight is 260 g/mol. The van der Waals surface area contributed by atoms with Gasteiger partial charge in [-0.15, -0.1) is 17.5 Å². The van der Waals surface area contributed by atoms with E-state index in [0.29, 0.717) is 11.7 Å². The maximum Gasteiger partial charge on any atom is 0.275 e. The normalized spacial score (nSPS) is 16.4. The van der Waals surface area contributed by atoms with Crippen LogP contribution in [0.4, 0.5) is 0 Å². The number of hydrogen-bond acceptors (Lipinski definition) is 4. The molecule has 1 aliphatic heterocycles. The van der Waals surface area contributed by atoms with E-state index in [0.717, 1.165) is 25.9 Å². The van der Waals surface area contributed by atoms with E-state index in [4.69, 9.17) is 0 Å². The van der Waals surface area contributed by atoms with Crippen molar-refractivity contribution in [3.8, 4) is 0 Å². The molecule has 0 atom stereocenters. The van der Waals surface area contributed by atoms with Gasteiger partial charge < -0.3 is 10.2 Å². The molecular weight excluding hydrogens is 242 g/mol. The van der Waals surface area contributed by atoms with Gasteiger partial charge >= 0.3 is 0 Å². The zero-order chi connectivity index (χ0) is 11.5. The monoisotopic (exact) mass is 259 g/mol. The maximum atomic E-state index is 11.6. The van der Waals surface area contributed by atoms with Gasteiger partial charge in [0, 0.05) is 14.1 Å². The Morgan fingerprint density at radius 1 is 1.47 bits per heavy atom. The fourth-order valence-corrected chi connectivity index (χ4v) is 1.85. The summed E-state index contributed by atoms with van der Waals surface area (Å²) in [6.07, 6.45) is 3.83. The lowest BCUT2D eigenvalue weighted by molar-refractivity contribution is 0.0822. The Hall–Kier alpha value is -1.14. The molecule has 2 heterocycles. The highest BCUT2D eigenvalue weighted by Crippen LogP contribution is 2.17. The van der Waals surface area contributed by atoms with E-state index in [1.165, 1.54) is 4.90 Å². The summed E-state index contributed by atoms with van der Waals surface area (Å²) >= 11 is 0. The summed E-state index contributed by atoms with van der Waals surface area (Å²) in [6.45, 7) is 2.00. The summed E-state index contributed by atoms with van der Waals surface area (Å²) in [5.74, 6) is -0.0971. The molecule has 17 heavy (non-hydrogen) atoms. The molecule has 1 saturated heterocycles. The van der Waals surface area contributed by atoms with Crippen molar-refractivity contribution in [2.75, 3.05) is 27.2 Å². The van der Waals surface area contributed by atoms with Crippen LogP contribution in [-0.4, -0.2) is 53.0 Å². The van der Waals surface area contributed by atoms with Gasteiger partial charge in [0.1, 0.15) is 0 Å². The van der Waals surface area contributed by atoms with Crippen LogP contribution in [0, 0.1) is 0 Å². The predicted octanol–water partition coefficient (Wildman–Crippen LogP) is 0.326. The van der Waals surface area contributed by atoms with Gasteiger partial charge in [-0.25, -0.2) is 4.68 Å². The summed E-state index contributed by atoms with van der Waals surface area (Å²) in [5.41, 5.74) is 0.420. The molecule has 0 unspecified atom stereocenters. The van der Waals surface area contributed by atoms with Crippen molar-refractivity contribution in [3.05, 3.63) is 11.9 Å². The van der Waals surface area contributed by atoms with Crippen LogP contribution in [0.25, 0.3) is 0 Å². The standard InChI is InChI=1S/C10H17N5O.ClH/c1-14(2)10(16)9-7-15(13-12-9)8-3-5-11-6-4-8;/h7-8,11H,3-6H2,1-2H3;1H. The molecule has 96 valence electrons. The number of aromatic nitrogens is 3. The maximum absolute atomic E-state index is 11.6. The summed E-state index contributed by atoms with van der Waals surface area (Å²) in [4.78, 5) is 13.1. The van der Waals surface area contributed by atoms with E-state index in [2.05, 4.69) is 15.6 Å². The van der Waals surface area contributed by atoms with Crippen molar-refractivity contribution in [3.63, 3.8) is 0 Å². The second-order valence-corrected chi connectivity index (χ2v) is 4.26. The summed E-state index contributed by atoms with van der Waals surface area (Å²) in [5, 5.41) is 11.2. The number of hydrogen-bond donors (Lipinski definition) is 1. The van der Waals surface area contributed by atoms with Crippen molar-refractivity contribution in [2.45, 2.75) is 18.9 Å². The highest BCUT2D eigenvalue weighted by molar-refractivity contribution is 5.91. The van der Waals surface area contributed by atoms with Gasteiger partial charge in [0.05, 0.1) is 12.2 Å². The topological polar surface area (TPSA) is 63.1 Å². The Kier molecular flexibility index (Phi) is 4.89. The van der Waals surface area contributed by atoms with Crippen molar-refractivity contribution in [1.29, 1.82) is 0 Å². The zero-order valence-corrected chi connectivity index (χ0v) is 10.9. The molecule has 6 nitrogen and oxygen atoms in total. The molecule has 1 aromatic heterocycles. The van der Waals surface area contributed by atoms with Crippen LogP contribution in [0.5, 0.6) is 0 Å². The molecule has 0 aromatic carbocycles. The first kappa shape index (κ1) is 13.9. The van der Waals surface area contributed by atoms with Crippen molar-refractivity contribution in [1.82, 2.24) is 25.2 Å². The summed E-state index contributed by atoms with van der Waals surface area (Å²) in [7, 11) is 3.43. The summed E-state index contributed by atoms with van der Waals surface area (Å²) < 4.78 is 1.82. The molecule has 0 radical (unpaired) electrons. The lowest BCUT2D eigenvalue weighted by Crippen LogP contribution is -2.29. The fraction of sp³-hybridized carbons (Fsp3) is 0.700. The van der Waals surface area contributed by atoms with E-state index in [-0.39, 0.29) is 18.3 Å². The SMILES string of the molecule is CN(C)C(=O)c1cn(C2CCNCC2)nn1.Cl.